The molecule has 1 fully saturated rings. The van der Waals surface area contributed by atoms with Gasteiger partial charge < -0.3 is 19.8 Å². The summed E-state index contributed by atoms with van der Waals surface area (Å²) < 4.78 is 5.23. The van der Waals surface area contributed by atoms with E-state index < -0.39 is 6.10 Å². The summed E-state index contributed by atoms with van der Waals surface area (Å²) in [6.45, 7) is 4.53. The first-order chi connectivity index (χ1) is 16.4. The molecule has 2 N–H and O–H groups in total. The Bertz CT molecular complexity index is 1060. The van der Waals surface area contributed by atoms with Crippen LogP contribution in [0.4, 0.5) is 0 Å². The smallest absolute Gasteiger partial charge is 0.253 e. The zero-order valence-electron chi connectivity index (χ0n) is 20.1. The normalized spacial score (nSPS) is 18.9. The standard InChI is InChI=1S/C27H34N4O3/c1-18(2)26-29-24(30-34-26)15-16-31(3)27(33)21-11-9-19(10-12-21)17-22-13-14-23(28-22)25(32)20-7-5-4-6-8-20/h4-12,18,22-23,25,28,32H,13-17H2,1-3H3/t22-,23+,25+/m0/s1. The number of likely N-dealkylation sites (N-methyl/N-ethyl adjacent to an activating group) is 1. The van der Waals surface area contributed by atoms with Crippen molar-refractivity contribution in [1.29, 1.82) is 0 Å². The van der Waals surface area contributed by atoms with Gasteiger partial charge in [-0.15, -0.1) is 0 Å². The van der Waals surface area contributed by atoms with Gasteiger partial charge in [-0.1, -0.05) is 61.5 Å². The lowest BCUT2D eigenvalue weighted by atomic mass is 10.0. The zero-order valence-corrected chi connectivity index (χ0v) is 20.1. The third-order valence-electron chi connectivity index (χ3n) is 6.48. The lowest BCUT2D eigenvalue weighted by Crippen LogP contribution is -2.35. The molecule has 1 aliphatic heterocycles. The largest absolute Gasteiger partial charge is 0.387 e. The van der Waals surface area contributed by atoms with E-state index in [2.05, 4.69) is 15.5 Å². The molecular formula is C27H34N4O3. The molecule has 7 nitrogen and oxygen atoms in total. The lowest BCUT2D eigenvalue weighted by Gasteiger charge is -2.20. The van der Waals surface area contributed by atoms with Crippen LogP contribution < -0.4 is 5.32 Å². The molecule has 0 bridgehead atoms. The molecule has 1 amide bonds. The highest BCUT2D eigenvalue weighted by Crippen LogP contribution is 2.26. The highest BCUT2D eigenvalue weighted by atomic mass is 16.5. The number of aromatic nitrogens is 2. The SMILES string of the molecule is CC(C)c1nc(CCN(C)C(=O)c2ccc(C[C@@H]3CC[C@H]([C@H](O)c4ccccc4)N3)cc2)no1. The van der Waals surface area contributed by atoms with E-state index in [0.717, 1.165) is 24.8 Å². The van der Waals surface area contributed by atoms with Gasteiger partial charge in [0.2, 0.25) is 5.89 Å². The zero-order chi connectivity index (χ0) is 24.1. The maximum absolute atomic E-state index is 12.8. The van der Waals surface area contributed by atoms with Crippen LogP contribution in [-0.2, 0) is 12.8 Å². The number of hydrogen-bond acceptors (Lipinski definition) is 6. The second-order valence-electron chi connectivity index (χ2n) is 9.48. The first-order valence-corrected chi connectivity index (χ1v) is 12.1. The van der Waals surface area contributed by atoms with Crippen molar-refractivity contribution in [2.24, 2.45) is 0 Å². The van der Waals surface area contributed by atoms with Crippen LogP contribution in [0.2, 0.25) is 0 Å². The minimum Gasteiger partial charge on any atom is -0.387 e. The number of hydrogen-bond donors (Lipinski definition) is 2. The fourth-order valence-electron chi connectivity index (χ4n) is 4.40. The van der Waals surface area contributed by atoms with Crippen LogP contribution in [0.5, 0.6) is 0 Å². The van der Waals surface area contributed by atoms with Gasteiger partial charge in [0, 0.05) is 43.6 Å². The Hall–Kier alpha value is -3.03. The van der Waals surface area contributed by atoms with Crippen LogP contribution >= 0.6 is 0 Å². The van der Waals surface area contributed by atoms with Gasteiger partial charge in [0.15, 0.2) is 5.82 Å². The Kier molecular flexibility index (Phi) is 7.75. The summed E-state index contributed by atoms with van der Waals surface area (Å²) in [5.74, 6) is 1.42. The number of carbonyl (C=O) groups excluding carboxylic acids is 1. The van der Waals surface area contributed by atoms with Crippen LogP contribution in [0.3, 0.4) is 0 Å². The van der Waals surface area contributed by atoms with Crippen LogP contribution in [-0.4, -0.2) is 51.7 Å². The molecule has 2 heterocycles. The molecule has 0 unspecified atom stereocenters. The molecule has 2 aromatic carbocycles. The Labute approximate surface area is 201 Å². The molecule has 1 saturated heterocycles. The fraction of sp³-hybridized carbons (Fsp3) is 0.444. The quantitative estimate of drug-likeness (QED) is 0.501. The topological polar surface area (TPSA) is 91.5 Å². The van der Waals surface area contributed by atoms with Crippen molar-refractivity contribution in [1.82, 2.24) is 20.4 Å². The second-order valence-corrected chi connectivity index (χ2v) is 9.48. The van der Waals surface area contributed by atoms with Gasteiger partial charge in [0.05, 0.1) is 6.10 Å². The molecule has 1 aromatic heterocycles. The molecule has 4 rings (SSSR count). The van der Waals surface area contributed by atoms with Crippen molar-refractivity contribution in [2.75, 3.05) is 13.6 Å². The number of aliphatic hydroxyl groups is 1. The maximum Gasteiger partial charge on any atom is 0.253 e. The van der Waals surface area contributed by atoms with Crippen molar-refractivity contribution >= 4 is 5.91 Å². The number of amides is 1. The summed E-state index contributed by atoms with van der Waals surface area (Å²) in [5, 5.41) is 18.3. The van der Waals surface area contributed by atoms with Gasteiger partial charge in [-0.05, 0) is 42.5 Å². The number of nitrogens with zero attached hydrogens (tertiary/aromatic N) is 3. The summed E-state index contributed by atoms with van der Waals surface area (Å²) in [7, 11) is 1.79. The van der Waals surface area contributed by atoms with Crippen molar-refractivity contribution in [2.45, 2.75) is 63.6 Å². The highest BCUT2D eigenvalue weighted by Gasteiger charge is 2.29. The van der Waals surface area contributed by atoms with Crippen molar-refractivity contribution < 1.29 is 14.4 Å². The molecule has 7 heteroatoms. The second kappa shape index (κ2) is 10.9. The Morgan fingerprint density at radius 3 is 2.56 bits per heavy atom. The summed E-state index contributed by atoms with van der Waals surface area (Å²) in [5.41, 5.74) is 2.80. The van der Waals surface area contributed by atoms with Gasteiger partial charge in [-0.25, -0.2) is 0 Å². The lowest BCUT2D eigenvalue weighted by molar-refractivity contribution is 0.0795. The van der Waals surface area contributed by atoms with E-state index in [4.69, 9.17) is 4.52 Å². The number of benzene rings is 2. The summed E-state index contributed by atoms with van der Waals surface area (Å²) in [6, 6.07) is 18.0. The number of nitrogens with one attached hydrogen (secondary N) is 1. The molecule has 180 valence electrons. The van der Waals surface area contributed by atoms with E-state index in [0.29, 0.717) is 36.3 Å². The van der Waals surface area contributed by atoms with Gasteiger partial charge in [0.25, 0.3) is 5.91 Å². The van der Waals surface area contributed by atoms with Crippen LogP contribution in [0, 0.1) is 0 Å². The molecule has 0 saturated carbocycles. The predicted octanol–water partition coefficient (Wildman–Crippen LogP) is 3.90. The van der Waals surface area contributed by atoms with E-state index >= 15 is 0 Å². The maximum atomic E-state index is 12.8. The van der Waals surface area contributed by atoms with Crippen LogP contribution in [0.1, 0.15) is 71.9 Å². The summed E-state index contributed by atoms with van der Waals surface area (Å²) in [4.78, 5) is 18.9. The number of aliphatic hydroxyl groups excluding tert-OH is 1. The highest BCUT2D eigenvalue weighted by molar-refractivity contribution is 5.94. The van der Waals surface area contributed by atoms with Crippen LogP contribution in [0.15, 0.2) is 59.1 Å². The summed E-state index contributed by atoms with van der Waals surface area (Å²) >= 11 is 0. The molecule has 3 atom stereocenters. The minimum atomic E-state index is -0.494. The van der Waals surface area contributed by atoms with Gasteiger partial charge in [-0.2, -0.15) is 4.98 Å². The molecular weight excluding hydrogens is 428 g/mol. The molecule has 34 heavy (non-hydrogen) atoms. The van der Waals surface area contributed by atoms with Gasteiger partial charge in [0.1, 0.15) is 0 Å². The molecule has 0 aliphatic carbocycles. The first kappa shape index (κ1) is 24.1. The van der Waals surface area contributed by atoms with E-state index in [1.54, 1.807) is 11.9 Å². The minimum absolute atomic E-state index is 0.0239. The van der Waals surface area contributed by atoms with E-state index in [9.17, 15) is 9.90 Å². The fourth-order valence-corrected chi connectivity index (χ4v) is 4.40. The predicted molar refractivity (Wildman–Crippen MR) is 131 cm³/mol. The van der Waals surface area contributed by atoms with E-state index in [-0.39, 0.29) is 17.9 Å². The third kappa shape index (κ3) is 5.90. The Morgan fingerprint density at radius 2 is 1.88 bits per heavy atom. The van der Waals surface area contributed by atoms with Crippen LogP contribution in [0.25, 0.3) is 0 Å². The first-order valence-electron chi connectivity index (χ1n) is 12.1. The van der Waals surface area contributed by atoms with Crippen molar-refractivity contribution in [3.63, 3.8) is 0 Å². The molecule has 0 radical (unpaired) electrons. The average Bonchev–Trinajstić information content (AvgIpc) is 3.53. The molecule has 0 spiro atoms. The Balaban J connectivity index is 1.26. The van der Waals surface area contributed by atoms with Gasteiger partial charge >= 0.3 is 0 Å². The summed E-state index contributed by atoms with van der Waals surface area (Å²) in [6.07, 6.45) is 2.90. The third-order valence-corrected chi connectivity index (χ3v) is 6.48. The van der Waals surface area contributed by atoms with E-state index in [1.165, 1.54) is 5.56 Å². The number of carbonyl (C=O) groups is 1. The number of rotatable bonds is 9. The van der Waals surface area contributed by atoms with Crippen molar-refractivity contribution in [3.8, 4) is 0 Å². The average molecular weight is 463 g/mol. The monoisotopic (exact) mass is 462 g/mol. The molecule has 1 aliphatic rings. The van der Waals surface area contributed by atoms with Gasteiger partial charge in [-0.3, -0.25) is 4.79 Å². The van der Waals surface area contributed by atoms with E-state index in [1.807, 2.05) is 68.4 Å². The molecule has 3 aromatic rings. The Morgan fingerprint density at radius 1 is 1.15 bits per heavy atom. The van der Waals surface area contributed by atoms with Crippen molar-refractivity contribution in [3.05, 3.63) is 83.0 Å².